The van der Waals surface area contributed by atoms with E-state index in [1.165, 1.54) is 43.1 Å². The number of aliphatic carboxylic acids is 1. The number of benzene rings is 5. The van der Waals surface area contributed by atoms with Crippen molar-refractivity contribution in [1.82, 2.24) is 0 Å². The molecule has 26 heavy (non-hydrogen) atoms. The fourth-order valence-electron chi connectivity index (χ4n) is 3.79. The highest BCUT2D eigenvalue weighted by Crippen LogP contribution is 2.39. The van der Waals surface area contributed by atoms with Crippen molar-refractivity contribution in [2.45, 2.75) is 19.8 Å². The van der Waals surface area contributed by atoms with Gasteiger partial charge in [-0.05, 0) is 49.5 Å². The maximum absolute atomic E-state index is 9.60. The van der Waals surface area contributed by atoms with Gasteiger partial charge in [0, 0.05) is 6.42 Å². The van der Waals surface area contributed by atoms with E-state index < -0.39 is 5.97 Å². The maximum Gasteiger partial charge on any atom is 0.303 e. The molecule has 0 amide bonds. The first kappa shape index (κ1) is 16.3. The molecule has 5 aromatic carbocycles. The number of hydrogen-bond donors (Lipinski definition) is 1. The highest BCUT2D eigenvalue weighted by atomic mass is 16.4. The van der Waals surface area contributed by atoms with Crippen LogP contribution in [0.4, 0.5) is 0 Å². The van der Waals surface area contributed by atoms with Gasteiger partial charge in [0.05, 0.1) is 0 Å². The Kier molecular flexibility index (Phi) is 4.18. The second kappa shape index (κ2) is 6.64. The Bertz CT molecular complexity index is 1050. The van der Waals surface area contributed by atoms with E-state index in [9.17, 15) is 4.79 Å². The van der Waals surface area contributed by atoms with E-state index in [2.05, 4.69) is 72.8 Å². The first-order valence-electron chi connectivity index (χ1n) is 8.96. The Morgan fingerprint density at radius 3 is 1.27 bits per heavy atom. The molecule has 0 saturated heterocycles. The second-order valence-electron chi connectivity index (χ2n) is 6.56. The van der Waals surface area contributed by atoms with Crippen LogP contribution in [-0.2, 0) is 4.79 Å². The standard InChI is InChI=1S/C20H12.C4H8O2/c1-5-13-6-2-11-17-18-12-4-8-14-7-3-10-16(20(14)18)15(9-1)19(13)17;1-2-3-4(5)6/h1-12H;2-3H2,1H3,(H,5,6). The van der Waals surface area contributed by atoms with E-state index in [0.29, 0.717) is 6.42 Å². The molecule has 2 heteroatoms. The van der Waals surface area contributed by atoms with Crippen LogP contribution in [0, 0.1) is 0 Å². The Labute approximate surface area is 152 Å². The minimum Gasteiger partial charge on any atom is -0.481 e. The molecule has 0 aromatic heterocycles. The quantitative estimate of drug-likeness (QED) is 0.290. The third-order valence-corrected chi connectivity index (χ3v) is 4.85. The summed E-state index contributed by atoms with van der Waals surface area (Å²) in [6.07, 6.45) is 1.02. The molecule has 0 radical (unpaired) electrons. The van der Waals surface area contributed by atoms with Gasteiger partial charge < -0.3 is 5.11 Å². The molecule has 2 nitrogen and oxygen atoms in total. The second-order valence-corrected chi connectivity index (χ2v) is 6.56. The molecule has 0 aliphatic rings. The Morgan fingerprint density at radius 1 is 0.692 bits per heavy atom. The SMILES string of the molecule is CCCC(=O)O.c1cc2cccc3c4cccc5cccc(c(c1)c23)c54. The van der Waals surface area contributed by atoms with Crippen molar-refractivity contribution in [2.24, 2.45) is 0 Å². The van der Waals surface area contributed by atoms with Crippen LogP contribution in [0.25, 0.3) is 43.1 Å². The van der Waals surface area contributed by atoms with Gasteiger partial charge in [-0.1, -0.05) is 79.7 Å². The number of hydrogen-bond acceptors (Lipinski definition) is 1. The normalized spacial score (nSPS) is 11.1. The molecule has 1 N–H and O–H groups in total. The average molecular weight is 340 g/mol. The van der Waals surface area contributed by atoms with E-state index in [4.69, 9.17) is 5.11 Å². The zero-order valence-electron chi connectivity index (χ0n) is 14.7. The largest absolute Gasteiger partial charge is 0.481 e. The van der Waals surface area contributed by atoms with Gasteiger partial charge in [0.1, 0.15) is 0 Å². The average Bonchev–Trinajstić information content (AvgIpc) is 2.66. The fraction of sp³-hybridized carbons (Fsp3) is 0.125. The monoisotopic (exact) mass is 340 g/mol. The highest BCUT2D eigenvalue weighted by molar-refractivity contribution is 6.32. The van der Waals surface area contributed by atoms with Crippen molar-refractivity contribution < 1.29 is 9.90 Å². The van der Waals surface area contributed by atoms with E-state index in [0.717, 1.165) is 6.42 Å². The summed E-state index contributed by atoms with van der Waals surface area (Å²) >= 11 is 0. The summed E-state index contributed by atoms with van der Waals surface area (Å²) in [5.41, 5.74) is 0. The number of carboxylic acids is 1. The summed E-state index contributed by atoms with van der Waals surface area (Å²) in [7, 11) is 0. The third-order valence-electron chi connectivity index (χ3n) is 4.85. The van der Waals surface area contributed by atoms with Crippen LogP contribution in [0.1, 0.15) is 19.8 Å². The maximum atomic E-state index is 9.60. The van der Waals surface area contributed by atoms with E-state index >= 15 is 0 Å². The van der Waals surface area contributed by atoms with Crippen molar-refractivity contribution in [3.05, 3.63) is 72.8 Å². The van der Waals surface area contributed by atoms with Crippen LogP contribution in [0.3, 0.4) is 0 Å². The van der Waals surface area contributed by atoms with Crippen molar-refractivity contribution >= 4 is 49.1 Å². The summed E-state index contributed by atoms with van der Waals surface area (Å²) in [6.45, 7) is 1.84. The Balaban J connectivity index is 0.000000246. The summed E-state index contributed by atoms with van der Waals surface area (Å²) < 4.78 is 0. The van der Waals surface area contributed by atoms with Crippen molar-refractivity contribution in [2.75, 3.05) is 0 Å². The van der Waals surface area contributed by atoms with Crippen LogP contribution in [0.2, 0.25) is 0 Å². The topological polar surface area (TPSA) is 37.3 Å². The van der Waals surface area contributed by atoms with E-state index in [1.807, 2.05) is 6.92 Å². The predicted octanol–water partition coefficient (Wildman–Crippen LogP) is 6.61. The van der Waals surface area contributed by atoms with Gasteiger partial charge in [0.2, 0.25) is 0 Å². The fourth-order valence-corrected chi connectivity index (χ4v) is 3.79. The number of carboxylic acid groups (broad SMARTS) is 1. The van der Waals surface area contributed by atoms with Crippen molar-refractivity contribution in [1.29, 1.82) is 0 Å². The van der Waals surface area contributed by atoms with E-state index in [-0.39, 0.29) is 0 Å². The predicted molar refractivity (Wildman–Crippen MR) is 110 cm³/mol. The Hall–Kier alpha value is -3.13. The van der Waals surface area contributed by atoms with Crippen LogP contribution in [0.5, 0.6) is 0 Å². The molecule has 0 saturated carbocycles. The van der Waals surface area contributed by atoms with Crippen LogP contribution >= 0.6 is 0 Å². The minimum absolute atomic E-state index is 0.292. The van der Waals surface area contributed by atoms with Gasteiger partial charge in [-0.25, -0.2) is 0 Å². The molecule has 0 aliphatic heterocycles. The summed E-state index contributed by atoms with van der Waals surface area (Å²) in [6, 6.07) is 26.4. The third kappa shape index (κ3) is 2.64. The molecule has 0 atom stereocenters. The van der Waals surface area contributed by atoms with Gasteiger partial charge in [-0.2, -0.15) is 0 Å². The van der Waals surface area contributed by atoms with Gasteiger partial charge in [0.25, 0.3) is 0 Å². The zero-order valence-corrected chi connectivity index (χ0v) is 14.7. The van der Waals surface area contributed by atoms with Crippen LogP contribution in [-0.4, -0.2) is 11.1 Å². The zero-order chi connectivity index (χ0) is 18.1. The highest BCUT2D eigenvalue weighted by Gasteiger charge is 2.11. The molecule has 5 rings (SSSR count). The molecular formula is C24H20O2. The molecule has 0 heterocycles. The lowest BCUT2D eigenvalue weighted by Crippen LogP contribution is -1.90. The van der Waals surface area contributed by atoms with Gasteiger partial charge >= 0.3 is 5.97 Å². The lowest BCUT2D eigenvalue weighted by atomic mass is 9.90. The summed E-state index contributed by atoms with van der Waals surface area (Å²) in [5, 5.41) is 18.8. The molecule has 0 spiro atoms. The van der Waals surface area contributed by atoms with Crippen molar-refractivity contribution in [3.63, 3.8) is 0 Å². The van der Waals surface area contributed by atoms with Gasteiger partial charge in [-0.3, -0.25) is 4.79 Å². The summed E-state index contributed by atoms with van der Waals surface area (Å²) in [5.74, 6) is -0.711. The molecule has 0 unspecified atom stereocenters. The smallest absolute Gasteiger partial charge is 0.303 e. The lowest BCUT2D eigenvalue weighted by Gasteiger charge is -2.13. The summed E-state index contributed by atoms with van der Waals surface area (Å²) in [4.78, 5) is 9.60. The molecular weight excluding hydrogens is 320 g/mol. The van der Waals surface area contributed by atoms with Crippen molar-refractivity contribution in [3.8, 4) is 0 Å². The molecule has 0 bridgehead atoms. The Morgan fingerprint density at radius 2 is 1.04 bits per heavy atom. The first-order valence-corrected chi connectivity index (χ1v) is 8.96. The van der Waals surface area contributed by atoms with Gasteiger partial charge in [0.15, 0.2) is 0 Å². The number of rotatable bonds is 2. The van der Waals surface area contributed by atoms with Crippen LogP contribution in [0.15, 0.2) is 72.8 Å². The van der Waals surface area contributed by atoms with E-state index in [1.54, 1.807) is 0 Å². The molecule has 128 valence electrons. The molecule has 0 fully saturated rings. The number of fused-ring (bicyclic) bond motifs is 2. The molecule has 0 aliphatic carbocycles. The van der Waals surface area contributed by atoms with Crippen LogP contribution < -0.4 is 0 Å². The lowest BCUT2D eigenvalue weighted by molar-refractivity contribution is -0.137. The van der Waals surface area contributed by atoms with Gasteiger partial charge in [-0.15, -0.1) is 0 Å². The minimum atomic E-state index is -0.711. The molecule has 5 aromatic rings. The first-order chi connectivity index (χ1) is 12.7. The number of carbonyl (C=O) groups is 1.